The van der Waals surface area contributed by atoms with Crippen molar-refractivity contribution in [3.63, 3.8) is 0 Å². The van der Waals surface area contributed by atoms with Crippen molar-refractivity contribution in [3.8, 4) is 0 Å². The molecular weight excluding hydrogens is 284 g/mol. The average molecular weight is 312 g/mol. The van der Waals surface area contributed by atoms with Crippen LogP contribution in [0.3, 0.4) is 0 Å². The number of unbranched alkanes of at least 4 members (excludes halogenated alkanes) is 4. The standard InChI is InChI=1S/C17H28O5/c1-3-5-6-7-8-9-12(18)16-13(19)10-14(20)17(16,4-2)11-15(21)22/h9,13,16,18-19H,3-8,10-11H2,1-2H3,(H,21,22)/t13-,16+,17+/m1/s1. The second-order valence-corrected chi connectivity index (χ2v) is 6.23. The van der Waals surface area contributed by atoms with Gasteiger partial charge in [0.05, 0.1) is 29.6 Å². The molecule has 0 aliphatic heterocycles. The van der Waals surface area contributed by atoms with E-state index < -0.39 is 23.4 Å². The van der Waals surface area contributed by atoms with Gasteiger partial charge in [0.1, 0.15) is 5.78 Å². The fourth-order valence-electron chi connectivity index (χ4n) is 3.50. The van der Waals surface area contributed by atoms with Crippen molar-refractivity contribution in [1.82, 2.24) is 0 Å². The molecule has 22 heavy (non-hydrogen) atoms. The first-order valence-electron chi connectivity index (χ1n) is 8.21. The summed E-state index contributed by atoms with van der Waals surface area (Å²) >= 11 is 0. The van der Waals surface area contributed by atoms with Crippen LogP contribution in [0.4, 0.5) is 0 Å². The van der Waals surface area contributed by atoms with Crippen LogP contribution in [0.15, 0.2) is 11.8 Å². The molecule has 1 aliphatic carbocycles. The summed E-state index contributed by atoms with van der Waals surface area (Å²) in [6.07, 6.45) is 5.46. The summed E-state index contributed by atoms with van der Waals surface area (Å²) in [5.41, 5.74) is -1.19. The van der Waals surface area contributed by atoms with Crippen LogP contribution in [-0.2, 0) is 9.59 Å². The van der Waals surface area contributed by atoms with E-state index in [9.17, 15) is 19.8 Å². The van der Waals surface area contributed by atoms with Crippen LogP contribution in [0, 0.1) is 11.3 Å². The van der Waals surface area contributed by atoms with Crippen LogP contribution < -0.4 is 0 Å². The Morgan fingerprint density at radius 2 is 1.95 bits per heavy atom. The van der Waals surface area contributed by atoms with Gasteiger partial charge in [0.25, 0.3) is 0 Å². The monoisotopic (exact) mass is 312 g/mol. The molecule has 0 spiro atoms. The van der Waals surface area contributed by atoms with Crippen molar-refractivity contribution >= 4 is 11.8 Å². The number of aliphatic carboxylic acids is 1. The number of carboxylic acid groups (broad SMARTS) is 1. The third-order valence-electron chi connectivity index (χ3n) is 4.76. The number of hydrogen-bond acceptors (Lipinski definition) is 4. The number of rotatable bonds is 9. The van der Waals surface area contributed by atoms with Gasteiger partial charge in [0.15, 0.2) is 0 Å². The molecule has 1 saturated carbocycles. The van der Waals surface area contributed by atoms with Crippen LogP contribution in [0.2, 0.25) is 0 Å². The summed E-state index contributed by atoms with van der Waals surface area (Å²) in [5, 5.41) is 29.6. The van der Waals surface area contributed by atoms with E-state index in [1.165, 1.54) is 0 Å². The molecule has 0 saturated heterocycles. The smallest absolute Gasteiger partial charge is 0.304 e. The first kappa shape index (κ1) is 18.7. The van der Waals surface area contributed by atoms with Crippen LogP contribution in [0.5, 0.6) is 0 Å². The maximum absolute atomic E-state index is 12.2. The molecule has 0 heterocycles. The third kappa shape index (κ3) is 4.09. The molecular formula is C17H28O5. The van der Waals surface area contributed by atoms with Crippen molar-refractivity contribution in [2.75, 3.05) is 0 Å². The molecule has 5 nitrogen and oxygen atoms in total. The Balaban J connectivity index is 2.89. The minimum Gasteiger partial charge on any atom is -0.512 e. The molecule has 0 unspecified atom stereocenters. The highest BCUT2D eigenvalue weighted by Crippen LogP contribution is 2.49. The number of aliphatic hydroxyl groups excluding tert-OH is 2. The highest BCUT2D eigenvalue weighted by molar-refractivity contribution is 5.92. The topological polar surface area (TPSA) is 94.8 Å². The molecule has 0 radical (unpaired) electrons. The number of carbonyl (C=O) groups is 2. The molecule has 0 bridgehead atoms. The molecule has 1 fully saturated rings. The average Bonchev–Trinajstić information content (AvgIpc) is 2.69. The van der Waals surface area contributed by atoms with E-state index in [0.717, 1.165) is 25.7 Å². The first-order chi connectivity index (χ1) is 10.4. The number of carboxylic acids is 1. The van der Waals surface area contributed by atoms with Gasteiger partial charge >= 0.3 is 5.97 Å². The van der Waals surface area contributed by atoms with Gasteiger partial charge in [0, 0.05) is 6.42 Å². The normalized spacial score (nSPS) is 29.0. The number of hydrogen-bond donors (Lipinski definition) is 3. The Morgan fingerprint density at radius 3 is 2.50 bits per heavy atom. The molecule has 0 aromatic rings. The van der Waals surface area contributed by atoms with Crippen molar-refractivity contribution < 1.29 is 24.9 Å². The molecule has 126 valence electrons. The number of ketones is 1. The van der Waals surface area contributed by atoms with Gasteiger partial charge in [-0.05, 0) is 25.3 Å². The minimum absolute atomic E-state index is 0.0297. The van der Waals surface area contributed by atoms with Crippen molar-refractivity contribution in [3.05, 3.63) is 11.8 Å². The van der Waals surface area contributed by atoms with Gasteiger partial charge < -0.3 is 15.3 Å². The highest BCUT2D eigenvalue weighted by atomic mass is 16.4. The van der Waals surface area contributed by atoms with E-state index in [4.69, 9.17) is 5.11 Å². The molecule has 0 amide bonds. The lowest BCUT2D eigenvalue weighted by Gasteiger charge is -2.32. The maximum Gasteiger partial charge on any atom is 0.304 e. The summed E-state index contributed by atoms with van der Waals surface area (Å²) in [5.74, 6) is -2.17. The number of aliphatic hydroxyl groups is 2. The van der Waals surface area contributed by atoms with Crippen LogP contribution >= 0.6 is 0 Å². The Bertz CT molecular complexity index is 429. The zero-order valence-electron chi connectivity index (χ0n) is 13.5. The van der Waals surface area contributed by atoms with E-state index in [0.29, 0.717) is 12.8 Å². The quantitative estimate of drug-likeness (QED) is 0.449. The molecule has 0 aromatic heterocycles. The fraction of sp³-hybridized carbons (Fsp3) is 0.765. The maximum atomic E-state index is 12.2. The summed E-state index contributed by atoms with van der Waals surface area (Å²) < 4.78 is 0. The van der Waals surface area contributed by atoms with Gasteiger partial charge in [-0.3, -0.25) is 9.59 Å². The number of Topliss-reactive ketones (excluding diaryl/α,β-unsaturated/α-hetero) is 1. The lowest BCUT2D eigenvalue weighted by atomic mass is 9.71. The van der Waals surface area contributed by atoms with E-state index in [1.807, 2.05) is 0 Å². The van der Waals surface area contributed by atoms with Crippen molar-refractivity contribution in [2.24, 2.45) is 11.3 Å². The molecule has 1 rings (SSSR count). The molecule has 5 heteroatoms. The van der Waals surface area contributed by atoms with E-state index in [-0.39, 0.29) is 24.4 Å². The van der Waals surface area contributed by atoms with E-state index >= 15 is 0 Å². The second kappa shape index (κ2) is 8.32. The Kier molecular flexibility index (Phi) is 7.07. The first-order valence-corrected chi connectivity index (χ1v) is 8.21. The second-order valence-electron chi connectivity index (χ2n) is 6.23. The summed E-state index contributed by atoms with van der Waals surface area (Å²) in [6.45, 7) is 3.86. The fourth-order valence-corrected chi connectivity index (χ4v) is 3.50. The minimum atomic E-state index is -1.19. The predicted octanol–water partition coefficient (Wildman–Crippen LogP) is 3.22. The summed E-state index contributed by atoms with van der Waals surface area (Å²) in [6, 6.07) is 0. The van der Waals surface area contributed by atoms with Crippen molar-refractivity contribution in [2.45, 2.75) is 71.3 Å². The van der Waals surface area contributed by atoms with Gasteiger partial charge in [-0.15, -0.1) is 0 Å². The van der Waals surface area contributed by atoms with Gasteiger partial charge in [-0.25, -0.2) is 0 Å². The third-order valence-corrected chi connectivity index (χ3v) is 4.76. The van der Waals surface area contributed by atoms with Crippen molar-refractivity contribution in [1.29, 1.82) is 0 Å². The Hall–Kier alpha value is -1.36. The van der Waals surface area contributed by atoms with E-state index in [1.54, 1.807) is 13.0 Å². The largest absolute Gasteiger partial charge is 0.512 e. The lowest BCUT2D eigenvalue weighted by Crippen LogP contribution is -2.37. The van der Waals surface area contributed by atoms with Gasteiger partial charge in [-0.2, -0.15) is 0 Å². The molecule has 1 aliphatic rings. The van der Waals surface area contributed by atoms with Gasteiger partial charge in [0.2, 0.25) is 0 Å². The van der Waals surface area contributed by atoms with Crippen LogP contribution in [0.25, 0.3) is 0 Å². The predicted molar refractivity (Wildman–Crippen MR) is 83.6 cm³/mol. The summed E-state index contributed by atoms with van der Waals surface area (Å²) in [7, 11) is 0. The SMILES string of the molecule is CCCCCCC=C(O)[C@H]1[C@H](O)CC(=O)[C@]1(CC)CC(=O)O. The molecule has 3 atom stereocenters. The highest BCUT2D eigenvalue weighted by Gasteiger charge is 2.55. The zero-order valence-corrected chi connectivity index (χ0v) is 13.5. The van der Waals surface area contributed by atoms with Crippen LogP contribution in [0.1, 0.15) is 65.2 Å². The summed E-state index contributed by atoms with van der Waals surface area (Å²) in [4.78, 5) is 23.4. The Labute approximate surface area is 132 Å². The van der Waals surface area contributed by atoms with Crippen LogP contribution in [-0.4, -0.2) is 33.2 Å². The number of allylic oxidation sites excluding steroid dienone is 1. The zero-order chi connectivity index (χ0) is 16.8. The van der Waals surface area contributed by atoms with E-state index in [2.05, 4.69) is 6.92 Å². The van der Waals surface area contributed by atoms with Gasteiger partial charge in [-0.1, -0.05) is 33.1 Å². The lowest BCUT2D eigenvalue weighted by molar-refractivity contribution is -0.145. The number of carbonyl (C=O) groups excluding carboxylic acids is 1. The molecule has 0 aromatic carbocycles. The molecule has 3 N–H and O–H groups in total. The Morgan fingerprint density at radius 1 is 1.27 bits per heavy atom.